The number of carbonyl (C=O) groups is 4. The van der Waals surface area contributed by atoms with Gasteiger partial charge in [0.05, 0.1) is 4.91 Å². The second kappa shape index (κ2) is 11.6. The molecule has 37 heavy (non-hydrogen) atoms. The van der Waals surface area contributed by atoms with E-state index in [1.54, 1.807) is 42.5 Å². The maximum atomic E-state index is 12.7. The Kier molecular flexibility index (Phi) is 8.05. The summed E-state index contributed by atoms with van der Waals surface area (Å²) in [4.78, 5) is 50.8. The first-order valence-electron chi connectivity index (χ1n) is 11.5. The van der Waals surface area contributed by atoms with Crippen LogP contribution in [0.25, 0.3) is 6.08 Å². The minimum Gasteiger partial charge on any atom is -0.484 e. The number of rotatable bonds is 8. The Labute approximate surface area is 218 Å². The lowest BCUT2D eigenvalue weighted by Gasteiger charge is -2.12. The molecule has 0 spiro atoms. The van der Waals surface area contributed by atoms with E-state index >= 15 is 0 Å². The van der Waals surface area contributed by atoms with Crippen LogP contribution in [0.5, 0.6) is 5.75 Å². The molecule has 9 heteroatoms. The molecule has 188 valence electrons. The van der Waals surface area contributed by atoms with Gasteiger partial charge in [-0.1, -0.05) is 48.0 Å². The Morgan fingerprint density at radius 1 is 0.892 bits per heavy atom. The SMILES string of the molecule is Cc1ccc(NC(=O)CN2C(=O)S/C(=C\c3ccc(OCC(=O)Nc4ccccc4C)cc3)C2=O)cc1. The monoisotopic (exact) mass is 515 g/mol. The van der Waals surface area contributed by atoms with Crippen LogP contribution in [0.4, 0.5) is 16.2 Å². The van der Waals surface area contributed by atoms with Crippen molar-refractivity contribution in [3.8, 4) is 5.75 Å². The van der Waals surface area contributed by atoms with Gasteiger partial charge < -0.3 is 15.4 Å². The lowest BCUT2D eigenvalue weighted by Crippen LogP contribution is -2.36. The number of nitrogens with zero attached hydrogens (tertiary/aromatic N) is 1. The highest BCUT2D eigenvalue weighted by molar-refractivity contribution is 8.18. The van der Waals surface area contributed by atoms with E-state index < -0.39 is 17.1 Å². The highest BCUT2D eigenvalue weighted by Crippen LogP contribution is 2.32. The van der Waals surface area contributed by atoms with Crippen molar-refractivity contribution in [3.63, 3.8) is 0 Å². The Morgan fingerprint density at radius 3 is 2.30 bits per heavy atom. The van der Waals surface area contributed by atoms with E-state index in [4.69, 9.17) is 4.74 Å². The number of hydrogen-bond donors (Lipinski definition) is 2. The van der Waals surface area contributed by atoms with Crippen LogP contribution in [-0.2, 0) is 14.4 Å². The maximum absolute atomic E-state index is 12.7. The van der Waals surface area contributed by atoms with Gasteiger partial charge in [0.2, 0.25) is 5.91 Å². The molecule has 4 rings (SSSR count). The third-order valence-corrected chi connectivity index (χ3v) is 6.38. The summed E-state index contributed by atoms with van der Waals surface area (Å²) >= 11 is 0.782. The molecule has 0 radical (unpaired) electrons. The van der Waals surface area contributed by atoms with Crippen LogP contribution < -0.4 is 15.4 Å². The van der Waals surface area contributed by atoms with Gasteiger partial charge in [-0.05, 0) is 73.1 Å². The van der Waals surface area contributed by atoms with Crippen molar-refractivity contribution in [2.75, 3.05) is 23.8 Å². The third-order valence-electron chi connectivity index (χ3n) is 5.48. The maximum Gasteiger partial charge on any atom is 0.294 e. The highest BCUT2D eigenvalue weighted by Gasteiger charge is 2.36. The summed E-state index contributed by atoms with van der Waals surface area (Å²) in [6.45, 7) is 3.32. The molecule has 3 aromatic rings. The molecular formula is C28H25N3O5S. The molecule has 8 nitrogen and oxygen atoms in total. The Balaban J connectivity index is 1.31. The van der Waals surface area contributed by atoms with E-state index in [9.17, 15) is 19.2 Å². The van der Waals surface area contributed by atoms with Gasteiger partial charge in [0.25, 0.3) is 17.1 Å². The van der Waals surface area contributed by atoms with Crippen molar-refractivity contribution in [1.29, 1.82) is 0 Å². The van der Waals surface area contributed by atoms with Crippen LogP contribution >= 0.6 is 11.8 Å². The summed E-state index contributed by atoms with van der Waals surface area (Å²) in [5.41, 5.74) is 4.00. The number of amides is 4. The first-order valence-corrected chi connectivity index (χ1v) is 12.3. The summed E-state index contributed by atoms with van der Waals surface area (Å²) in [6, 6.07) is 21.5. The predicted molar refractivity (Wildman–Crippen MR) is 144 cm³/mol. The fourth-order valence-corrected chi connectivity index (χ4v) is 4.32. The largest absolute Gasteiger partial charge is 0.484 e. The van der Waals surface area contributed by atoms with Gasteiger partial charge >= 0.3 is 0 Å². The third kappa shape index (κ3) is 6.86. The molecule has 1 aliphatic rings. The van der Waals surface area contributed by atoms with Crippen LogP contribution in [0.3, 0.4) is 0 Å². The smallest absolute Gasteiger partial charge is 0.294 e. The molecule has 4 amide bonds. The van der Waals surface area contributed by atoms with E-state index in [2.05, 4.69) is 10.6 Å². The topological polar surface area (TPSA) is 105 Å². The van der Waals surface area contributed by atoms with Gasteiger partial charge in [-0.2, -0.15) is 0 Å². The Bertz CT molecular complexity index is 1370. The minimum absolute atomic E-state index is 0.156. The van der Waals surface area contributed by atoms with E-state index in [0.717, 1.165) is 33.5 Å². The summed E-state index contributed by atoms with van der Waals surface area (Å²) in [5.74, 6) is -0.779. The van der Waals surface area contributed by atoms with Crippen LogP contribution in [0.15, 0.2) is 77.7 Å². The number of thioether (sulfide) groups is 1. The van der Waals surface area contributed by atoms with Crippen LogP contribution in [0, 0.1) is 13.8 Å². The molecule has 1 fully saturated rings. The number of nitrogens with one attached hydrogen (secondary N) is 2. The van der Waals surface area contributed by atoms with Gasteiger partial charge in [0.15, 0.2) is 6.61 Å². The number of ether oxygens (including phenoxy) is 1. The van der Waals surface area contributed by atoms with Crippen molar-refractivity contribution in [3.05, 3.63) is 94.4 Å². The number of para-hydroxylation sites is 1. The summed E-state index contributed by atoms with van der Waals surface area (Å²) < 4.78 is 5.55. The molecule has 3 aromatic carbocycles. The van der Waals surface area contributed by atoms with Crippen molar-refractivity contribution >= 4 is 52.2 Å². The molecule has 1 heterocycles. The second-order valence-electron chi connectivity index (χ2n) is 8.40. The first kappa shape index (κ1) is 25.7. The van der Waals surface area contributed by atoms with E-state index in [0.29, 0.717) is 17.0 Å². The summed E-state index contributed by atoms with van der Waals surface area (Å²) in [6.07, 6.45) is 1.58. The van der Waals surface area contributed by atoms with Crippen LogP contribution in [0.2, 0.25) is 0 Å². The lowest BCUT2D eigenvalue weighted by atomic mass is 10.2. The molecular weight excluding hydrogens is 490 g/mol. The predicted octanol–water partition coefficient (Wildman–Crippen LogP) is 5.00. The normalized spacial score (nSPS) is 14.1. The van der Waals surface area contributed by atoms with Crippen molar-refractivity contribution in [2.24, 2.45) is 0 Å². The quantitative estimate of drug-likeness (QED) is 0.409. The lowest BCUT2D eigenvalue weighted by molar-refractivity contribution is -0.127. The number of hydrogen-bond acceptors (Lipinski definition) is 6. The molecule has 0 saturated carbocycles. The van der Waals surface area contributed by atoms with E-state index in [1.165, 1.54) is 0 Å². The molecule has 0 aromatic heterocycles. The standard InChI is InChI=1S/C28H25N3O5S/c1-18-7-11-21(12-8-18)29-25(32)16-31-27(34)24(37-28(31)35)15-20-9-13-22(14-10-20)36-17-26(33)30-23-6-4-3-5-19(23)2/h3-15H,16-17H2,1-2H3,(H,29,32)(H,30,33)/b24-15-. The van der Waals surface area contributed by atoms with Crippen molar-refractivity contribution in [1.82, 2.24) is 4.90 Å². The zero-order chi connectivity index (χ0) is 26.4. The van der Waals surface area contributed by atoms with Crippen molar-refractivity contribution < 1.29 is 23.9 Å². The number of benzene rings is 3. The number of carbonyl (C=O) groups excluding carboxylic acids is 4. The fourth-order valence-electron chi connectivity index (χ4n) is 3.48. The molecule has 0 atom stereocenters. The second-order valence-corrected chi connectivity index (χ2v) is 9.40. The number of imide groups is 1. The zero-order valence-corrected chi connectivity index (χ0v) is 21.1. The molecule has 1 saturated heterocycles. The van der Waals surface area contributed by atoms with Crippen LogP contribution in [-0.4, -0.2) is 41.0 Å². The number of anilines is 2. The molecule has 2 N–H and O–H groups in total. The van der Waals surface area contributed by atoms with Gasteiger partial charge in [0, 0.05) is 11.4 Å². The summed E-state index contributed by atoms with van der Waals surface area (Å²) in [5, 5.41) is 4.99. The van der Waals surface area contributed by atoms with Crippen molar-refractivity contribution in [2.45, 2.75) is 13.8 Å². The fraction of sp³-hybridized carbons (Fsp3) is 0.143. The minimum atomic E-state index is -0.526. The first-order chi connectivity index (χ1) is 17.8. The average molecular weight is 516 g/mol. The number of aryl methyl sites for hydroxylation is 2. The van der Waals surface area contributed by atoms with Gasteiger partial charge in [-0.15, -0.1) is 0 Å². The van der Waals surface area contributed by atoms with Gasteiger partial charge in [0.1, 0.15) is 12.3 Å². The van der Waals surface area contributed by atoms with Gasteiger partial charge in [-0.25, -0.2) is 0 Å². The zero-order valence-electron chi connectivity index (χ0n) is 20.3. The van der Waals surface area contributed by atoms with Crippen LogP contribution in [0.1, 0.15) is 16.7 Å². The highest BCUT2D eigenvalue weighted by atomic mass is 32.2. The molecule has 0 aliphatic carbocycles. The molecule has 1 aliphatic heterocycles. The van der Waals surface area contributed by atoms with E-state index in [1.807, 2.05) is 50.2 Å². The van der Waals surface area contributed by atoms with Gasteiger partial charge in [-0.3, -0.25) is 24.1 Å². The summed E-state index contributed by atoms with van der Waals surface area (Å²) in [7, 11) is 0. The Morgan fingerprint density at radius 2 is 1.59 bits per heavy atom. The van der Waals surface area contributed by atoms with E-state index in [-0.39, 0.29) is 24.0 Å². The molecule has 0 bridgehead atoms. The average Bonchev–Trinajstić information content (AvgIpc) is 3.13. The Hall–Kier alpha value is -4.37. The molecule has 0 unspecified atom stereocenters.